The minimum absolute atomic E-state index is 0.364. The van der Waals surface area contributed by atoms with Gasteiger partial charge < -0.3 is 18.9 Å². The number of hydrogen-bond donors (Lipinski definition) is 0. The molecule has 0 heterocycles. The lowest BCUT2D eigenvalue weighted by Crippen LogP contribution is -2.51. The highest BCUT2D eigenvalue weighted by molar-refractivity contribution is 7.98. The zero-order valence-electron chi connectivity index (χ0n) is 26.7. The minimum Gasteiger partial charge on any atom is -0.378 e. The van der Waals surface area contributed by atoms with E-state index in [-0.39, 0.29) is 0 Å². The monoisotopic (exact) mass is 578 g/mol. The molecule has 0 aromatic carbocycles. The van der Waals surface area contributed by atoms with Gasteiger partial charge in [-0.3, -0.25) is 0 Å². The fourth-order valence-corrected chi connectivity index (χ4v) is 9.90. The molecule has 3 fully saturated rings. The van der Waals surface area contributed by atoms with E-state index >= 15 is 0 Å². The lowest BCUT2D eigenvalue weighted by molar-refractivity contribution is -0.0691. The maximum atomic E-state index is 6.33. The number of allylic oxidation sites excluding steroid dienone is 1. The van der Waals surface area contributed by atoms with Crippen LogP contribution in [0.3, 0.4) is 0 Å². The lowest BCUT2D eigenvalue weighted by Gasteiger charge is -2.58. The summed E-state index contributed by atoms with van der Waals surface area (Å²) in [4.78, 5) is 0. The van der Waals surface area contributed by atoms with Gasteiger partial charge in [0, 0.05) is 5.75 Å². The summed E-state index contributed by atoms with van der Waals surface area (Å²) < 4.78 is 23.2. The molecular weight excluding hydrogens is 516 g/mol. The Bertz CT molecular complexity index is 772. The van der Waals surface area contributed by atoms with Gasteiger partial charge >= 0.3 is 0 Å². The quantitative estimate of drug-likeness (QED) is 0.120. The molecule has 0 amide bonds. The molecule has 232 valence electrons. The maximum absolute atomic E-state index is 6.33. The Morgan fingerprint density at radius 3 is 2.33 bits per heavy atom. The average molecular weight is 579 g/mol. The summed E-state index contributed by atoms with van der Waals surface area (Å²) >= 11 is 1.81. The Labute approximate surface area is 251 Å². The first-order valence-corrected chi connectivity index (χ1v) is 18.4. The zero-order valence-corrected chi connectivity index (χ0v) is 27.5. The van der Waals surface area contributed by atoms with Crippen molar-refractivity contribution in [3.8, 4) is 0 Å². The largest absolute Gasteiger partial charge is 0.378 e. The third-order valence-electron chi connectivity index (χ3n) is 11.8. The second-order valence-electron chi connectivity index (χ2n) is 14.0. The molecule has 5 heteroatoms. The van der Waals surface area contributed by atoms with Crippen LogP contribution in [-0.4, -0.2) is 64.4 Å². The molecule has 4 aliphatic carbocycles. The molecule has 4 nitrogen and oxygen atoms in total. The Balaban J connectivity index is 1.18. The normalized spacial score (nSPS) is 36.0. The van der Waals surface area contributed by atoms with Gasteiger partial charge in [-0.1, -0.05) is 65.0 Å². The number of thioether (sulfide) groups is 1. The van der Waals surface area contributed by atoms with E-state index in [2.05, 4.69) is 40.0 Å². The predicted molar refractivity (Wildman–Crippen MR) is 169 cm³/mol. The van der Waals surface area contributed by atoms with Gasteiger partial charge in [-0.05, 0) is 98.0 Å². The molecular formula is C35H62O4S. The highest BCUT2D eigenvalue weighted by Gasteiger charge is 2.59. The molecule has 0 spiro atoms. The van der Waals surface area contributed by atoms with E-state index in [0.717, 1.165) is 48.4 Å². The van der Waals surface area contributed by atoms with Crippen molar-refractivity contribution < 1.29 is 18.9 Å². The molecule has 7 unspecified atom stereocenters. The second kappa shape index (κ2) is 16.1. The van der Waals surface area contributed by atoms with Gasteiger partial charge in [-0.15, -0.1) is 0 Å². The van der Waals surface area contributed by atoms with Crippen molar-refractivity contribution in [1.29, 1.82) is 0 Å². The van der Waals surface area contributed by atoms with Crippen LogP contribution in [-0.2, 0) is 18.9 Å². The van der Waals surface area contributed by atoms with Crippen molar-refractivity contribution in [3.05, 3.63) is 11.6 Å². The number of rotatable bonds is 18. The van der Waals surface area contributed by atoms with E-state index in [1.54, 1.807) is 17.3 Å². The number of ether oxygens (including phenoxy) is 4. The van der Waals surface area contributed by atoms with E-state index in [4.69, 9.17) is 18.9 Å². The third-order valence-corrected chi connectivity index (χ3v) is 12.4. The summed E-state index contributed by atoms with van der Waals surface area (Å²) in [7, 11) is 0. The zero-order chi connectivity index (χ0) is 28.4. The molecule has 0 bridgehead atoms. The minimum atomic E-state index is 0.364. The van der Waals surface area contributed by atoms with E-state index in [9.17, 15) is 0 Å². The topological polar surface area (TPSA) is 36.9 Å². The molecule has 0 aromatic rings. The fraction of sp³-hybridized carbons (Fsp3) is 0.943. The van der Waals surface area contributed by atoms with Crippen molar-refractivity contribution in [3.63, 3.8) is 0 Å². The van der Waals surface area contributed by atoms with Crippen LogP contribution in [0.15, 0.2) is 11.6 Å². The number of unbranched alkanes of at least 4 members (excludes halogenated alkanes) is 2. The van der Waals surface area contributed by atoms with Crippen molar-refractivity contribution in [2.24, 2.45) is 40.4 Å². The van der Waals surface area contributed by atoms with Crippen LogP contribution in [0, 0.1) is 40.4 Å². The van der Waals surface area contributed by atoms with Crippen molar-refractivity contribution >= 4 is 11.8 Å². The molecule has 0 aliphatic heterocycles. The predicted octanol–water partition coefficient (Wildman–Crippen LogP) is 8.58. The highest BCUT2D eigenvalue weighted by atomic mass is 32.2. The number of fused-ring (bicyclic) bond motifs is 5. The number of hydrogen-bond acceptors (Lipinski definition) is 5. The summed E-state index contributed by atoms with van der Waals surface area (Å²) in [5, 5.41) is 0. The van der Waals surface area contributed by atoms with Gasteiger partial charge in [0.25, 0.3) is 0 Å². The van der Waals surface area contributed by atoms with Gasteiger partial charge in [0.1, 0.15) is 0 Å². The summed E-state index contributed by atoms with van der Waals surface area (Å²) in [5.41, 5.74) is 2.72. The van der Waals surface area contributed by atoms with Crippen LogP contribution in [0.1, 0.15) is 105 Å². The SMILES string of the molecule is CCCCCC(C)C1CCC2C3CC=C4C[C@@H](OCCOCCOCCOCCSC)CCC4(C)C3CCC12C. The van der Waals surface area contributed by atoms with Gasteiger partial charge in [0.05, 0.1) is 52.4 Å². The molecule has 0 aromatic heterocycles. The van der Waals surface area contributed by atoms with E-state index in [0.29, 0.717) is 56.6 Å². The molecule has 0 saturated heterocycles. The van der Waals surface area contributed by atoms with E-state index in [1.807, 2.05) is 0 Å². The van der Waals surface area contributed by atoms with Crippen LogP contribution in [0.25, 0.3) is 0 Å². The Kier molecular flexibility index (Phi) is 13.2. The maximum Gasteiger partial charge on any atom is 0.0704 e. The van der Waals surface area contributed by atoms with Crippen LogP contribution < -0.4 is 0 Å². The van der Waals surface area contributed by atoms with Crippen LogP contribution in [0.5, 0.6) is 0 Å². The van der Waals surface area contributed by atoms with E-state index < -0.39 is 0 Å². The molecule has 4 rings (SSSR count). The van der Waals surface area contributed by atoms with E-state index in [1.165, 1.54) is 70.6 Å². The van der Waals surface area contributed by atoms with Crippen LogP contribution in [0.2, 0.25) is 0 Å². The first-order chi connectivity index (χ1) is 19.4. The molecule has 40 heavy (non-hydrogen) atoms. The molecule has 0 radical (unpaired) electrons. The van der Waals surface area contributed by atoms with Gasteiger partial charge in [-0.2, -0.15) is 11.8 Å². The Hall–Kier alpha value is -0.0700. The highest BCUT2D eigenvalue weighted by Crippen LogP contribution is 2.67. The summed E-state index contributed by atoms with van der Waals surface area (Å²) in [6, 6.07) is 0. The Morgan fingerprint density at radius 1 is 0.875 bits per heavy atom. The Morgan fingerprint density at radius 2 is 1.60 bits per heavy atom. The summed E-state index contributed by atoms with van der Waals surface area (Å²) in [6.45, 7) is 15.0. The summed E-state index contributed by atoms with van der Waals surface area (Å²) in [6.07, 6.45) is 21.7. The third kappa shape index (κ3) is 7.90. The van der Waals surface area contributed by atoms with Gasteiger partial charge in [0.15, 0.2) is 0 Å². The fourth-order valence-electron chi connectivity index (χ4n) is 9.62. The van der Waals surface area contributed by atoms with Crippen molar-refractivity contribution in [1.82, 2.24) is 0 Å². The van der Waals surface area contributed by atoms with Crippen LogP contribution >= 0.6 is 11.8 Å². The first-order valence-electron chi connectivity index (χ1n) is 17.0. The second-order valence-corrected chi connectivity index (χ2v) is 15.0. The van der Waals surface area contributed by atoms with Crippen molar-refractivity contribution in [2.75, 3.05) is 58.3 Å². The molecule has 3 saturated carbocycles. The van der Waals surface area contributed by atoms with Gasteiger partial charge in [0.2, 0.25) is 0 Å². The smallest absolute Gasteiger partial charge is 0.0704 e. The van der Waals surface area contributed by atoms with Crippen molar-refractivity contribution in [2.45, 2.75) is 111 Å². The molecule has 8 atom stereocenters. The molecule has 0 N–H and O–H groups in total. The lowest BCUT2D eigenvalue weighted by atomic mass is 9.47. The van der Waals surface area contributed by atoms with Crippen LogP contribution in [0.4, 0.5) is 0 Å². The summed E-state index contributed by atoms with van der Waals surface area (Å²) in [5.74, 6) is 5.65. The standard InChI is InChI=1S/C35H62O4S/c1-6-7-8-9-27(2)31-12-13-32-30-11-10-28-26-29(14-16-34(28,3)33(30)15-17-35(31,32)4)39-23-22-37-19-18-36-20-21-38-24-25-40-5/h10,27,29-33H,6-9,11-26H2,1-5H3/t27?,29-,30?,31?,32?,33?,34?,35?/m0/s1. The molecule has 4 aliphatic rings. The first kappa shape index (κ1) is 32.8. The van der Waals surface area contributed by atoms with Gasteiger partial charge in [-0.25, -0.2) is 0 Å². The average Bonchev–Trinajstić information content (AvgIpc) is 3.31.